The maximum absolute atomic E-state index is 11.7. The highest BCUT2D eigenvalue weighted by atomic mass is 16.5. The van der Waals surface area contributed by atoms with Crippen LogP contribution in [0.4, 0.5) is 0 Å². The van der Waals surface area contributed by atoms with Crippen molar-refractivity contribution in [2.24, 2.45) is 0 Å². The van der Waals surface area contributed by atoms with Crippen molar-refractivity contribution in [3.63, 3.8) is 0 Å². The average Bonchev–Trinajstić information content (AvgIpc) is 2.34. The molecule has 0 aliphatic rings. The number of ketones is 1. The van der Waals surface area contributed by atoms with E-state index in [0.717, 1.165) is 5.56 Å². The highest BCUT2D eigenvalue weighted by Gasteiger charge is 2.11. The molecule has 0 fully saturated rings. The van der Waals surface area contributed by atoms with Gasteiger partial charge < -0.3 is 9.84 Å². The van der Waals surface area contributed by atoms with E-state index < -0.39 is 5.97 Å². The number of carbonyl (C=O) groups excluding carboxylic acids is 1. The molecule has 0 amide bonds. The predicted molar refractivity (Wildman–Crippen MR) is 63.6 cm³/mol. The van der Waals surface area contributed by atoms with Gasteiger partial charge in [0.1, 0.15) is 5.75 Å². The van der Waals surface area contributed by atoms with Crippen LogP contribution in [-0.4, -0.2) is 24.0 Å². The number of carboxylic acids is 1. The molecule has 17 heavy (non-hydrogen) atoms. The Kier molecular flexibility index (Phi) is 4.69. The van der Waals surface area contributed by atoms with Gasteiger partial charge in [-0.3, -0.25) is 9.59 Å². The molecule has 0 spiro atoms. The van der Waals surface area contributed by atoms with Crippen molar-refractivity contribution in [1.82, 2.24) is 0 Å². The van der Waals surface area contributed by atoms with Gasteiger partial charge in [0.05, 0.1) is 12.7 Å². The first-order valence-corrected chi connectivity index (χ1v) is 5.50. The summed E-state index contributed by atoms with van der Waals surface area (Å²) in [6, 6.07) is 5.21. The van der Waals surface area contributed by atoms with E-state index in [1.807, 2.05) is 0 Å². The third-order valence-electron chi connectivity index (χ3n) is 2.51. The number of carbonyl (C=O) groups is 2. The van der Waals surface area contributed by atoms with Crippen LogP contribution >= 0.6 is 0 Å². The Balaban J connectivity index is 2.96. The van der Waals surface area contributed by atoms with Crippen molar-refractivity contribution >= 4 is 11.8 Å². The lowest BCUT2D eigenvalue weighted by atomic mass is 10.0. The SMILES string of the molecule is CCC(=O)c1cc(CCC(=O)O)ccc1OC. The van der Waals surface area contributed by atoms with Gasteiger partial charge >= 0.3 is 5.97 Å². The molecule has 1 aromatic rings. The molecular formula is C13H16O4. The molecule has 0 saturated heterocycles. The van der Waals surface area contributed by atoms with E-state index in [0.29, 0.717) is 24.2 Å². The first-order valence-electron chi connectivity index (χ1n) is 5.50. The smallest absolute Gasteiger partial charge is 0.303 e. The van der Waals surface area contributed by atoms with Gasteiger partial charge in [0.25, 0.3) is 0 Å². The molecule has 92 valence electrons. The van der Waals surface area contributed by atoms with E-state index in [9.17, 15) is 9.59 Å². The Morgan fingerprint density at radius 3 is 2.59 bits per heavy atom. The lowest BCUT2D eigenvalue weighted by molar-refractivity contribution is -0.136. The second-order valence-electron chi connectivity index (χ2n) is 3.71. The van der Waals surface area contributed by atoms with Gasteiger partial charge in [-0.2, -0.15) is 0 Å². The minimum absolute atomic E-state index is 0.000903. The summed E-state index contributed by atoms with van der Waals surface area (Å²) in [7, 11) is 1.51. The van der Waals surface area contributed by atoms with Gasteiger partial charge in [0, 0.05) is 12.8 Å². The molecule has 0 unspecified atom stereocenters. The molecule has 0 atom stereocenters. The van der Waals surface area contributed by atoms with Crippen LogP contribution in [0.3, 0.4) is 0 Å². The number of hydrogen-bond donors (Lipinski definition) is 1. The van der Waals surface area contributed by atoms with Crippen molar-refractivity contribution in [2.45, 2.75) is 26.2 Å². The van der Waals surface area contributed by atoms with Crippen LogP contribution in [0.2, 0.25) is 0 Å². The minimum atomic E-state index is -0.843. The van der Waals surface area contributed by atoms with Crippen molar-refractivity contribution in [1.29, 1.82) is 0 Å². The summed E-state index contributed by atoms with van der Waals surface area (Å²) in [4.78, 5) is 22.2. The van der Waals surface area contributed by atoms with E-state index in [2.05, 4.69) is 0 Å². The second-order valence-corrected chi connectivity index (χ2v) is 3.71. The standard InChI is InChI=1S/C13H16O4/c1-3-11(14)10-8-9(5-7-13(15)16)4-6-12(10)17-2/h4,6,8H,3,5,7H2,1-2H3,(H,15,16). The number of ether oxygens (including phenoxy) is 1. The third-order valence-corrected chi connectivity index (χ3v) is 2.51. The summed E-state index contributed by atoms with van der Waals surface area (Å²) in [6.45, 7) is 1.78. The first-order chi connectivity index (χ1) is 8.08. The number of hydrogen-bond acceptors (Lipinski definition) is 3. The lowest BCUT2D eigenvalue weighted by Crippen LogP contribution is -2.03. The van der Waals surface area contributed by atoms with Crippen LogP contribution in [0, 0.1) is 0 Å². The maximum atomic E-state index is 11.7. The number of carboxylic acid groups (broad SMARTS) is 1. The topological polar surface area (TPSA) is 63.6 Å². The molecule has 0 saturated carbocycles. The number of aliphatic carboxylic acids is 1. The molecule has 4 nitrogen and oxygen atoms in total. The number of Topliss-reactive ketones (excluding diaryl/α,β-unsaturated/α-hetero) is 1. The largest absolute Gasteiger partial charge is 0.496 e. The van der Waals surface area contributed by atoms with Gasteiger partial charge in [0.2, 0.25) is 0 Å². The van der Waals surface area contributed by atoms with Gasteiger partial charge in [-0.05, 0) is 24.1 Å². The minimum Gasteiger partial charge on any atom is -0.496 e. The lowest BCUT2D eigenvalue weighted by Gasteiger charge is -2.08. The highest BCUT2D eigenvalue weighted by Crippen LogP contribution is 2.22. The summed E-state index contributed by atoms with van der Waals surface area (Å²) in [5.74, 6) is -0.306. The Labute approximate surface area is 100 Å². The number of benzene rings is 1. The monoisotopic (exact) mass is 236 g/mol. The zero-order valence-electron chi connectivity index (χ0n) is 10.0. The van der Waals surface area contributed by atoms with Gasteiger partial charge in [-0.1, -0.05) is 13.0 Å². The molecule has 0 heterocycles. The molecule has 0 aliphatic heterocycles. The summed E-state index contributed by atoms with van der Waals surface area (Å²) >= 11 is 0. The second kappa shape index (κ2) is 6.03. The van der Waals surface area contributed by atoms with Crippen LogP contribution in [0.5, 0.6) is 5.75 Å². The van der Waals surface area contributed by atoms with Crippen molar-refractivity contribution in [3.8, 4) is 5.75 Å². The van der Waals surface area contributed by atoms with E-state index in [1.165, 1.54) is 7.11 Å². The van der Waals surface area contributed by atoms with Gasteiger partial charge in [-0.15, -0.1) is 0 Å². The van der Waals surface area contributed by atoms with Crippen LogP contribution in [0.25, 0.3) is 0 Å². The van der Waals surface area contributed by atoms with Gasteiger partial charge in [-0.25, -0.2) is 0 Å². The molecule has 0 radical (unpaired) electrons. The summed E-state index contributed by atoms with van der Waals surface area (Å²) in [6.07, 6.45) is 0.883. The van der Waals surface area contributed by atoms with E-state index in [1.54, 1.807) is 25.1 Å². The first kappa shape index (κ1) is 13.2. The molecule has 4 heteroatoms. The Hall–Kier alpha value is -1.84. The number of rotatable bonds is 6. The van der Waals surface area contributed by atoms with Crippen molar-refractivity contribution < 1.29 is 19.4 Å². The van der Waals surface area contributed by atoms with Crippen molar-refractivity contribution in [2.75, 3.05) is 7.11 Å². The highest BCUT2D eigenvalue weighted by molar-refractivity contribution is 5.98. The Bertz CT molecular complexity index is 423. The predicted octanol–water partition coefficient (Wildman–Crippen LogP) is 2.31. The molecule has 1 rings (SSSR count). The van der Waals surface area contributed by atoms with Crippen LogP contribution in [-0.2, 0) is 11.2 Å². The van der Waals surface area contributed by atoms with E-state index >= 15 is 0 Å². The maximum Gasteiger partial charge on any atom is 0.303 e. The van der Waals surface area contributed by atoms with E-state index in [4.69, 9.17) is 9.84 Å². The van der Waals surface area contributed by atoms with Crippen molar-refractivity contribution in [3.05, 3.63) is 29.3 Å². The van der Waals surface area contributed by atoms with Crippen LogP contribution < -0.4 is 4.74 Å². The van der Waals surface area contributed by atoms with E-state index in [-0.39, 0.29) is 12.2 Å². The molecule has 1 aromatic carbocycles. The fraction of sp³-hybridized carbons (Fsp3) is 0.385. The molecule has 0 aliphatic carbocycles. The average molecular weight is 236 g/mol. The fourth-order valence-electron chi connectivity index (χ4n) is 1.57. The summed E-state index contributed by atoms with van der Waals surface area (Å²) in [5.41, 5.74) is 1.36. The third kappa shape index (κ3) is 3.59. The van der Waals surface area contributed by atoms with Crippen LogP contribution in [0.15, 0.2) is 18.2 Å². The Morgan fingerprint density at radius 1 is 1.35 bits per heavy atom. The number of methoxy groups -OCH3 is 1. The summed E-state index contributed by atoms with van der Waals surface area (Å²) < 4.78 is 5.11. The number of aryl methyl sites for hydroxylation is 1. The quantitative estimate of drug-likeness (QED) is 0.770. The van der Waals surface area contributed by atoms with Gasteiger partial charge in [0.15, 0.2) is 5.78 Å². The molecular weight excluding hydrogens is 220 g/mol. The Morgan fingerprint density at radius 2 is 2.06 bits per heavy atom. The molecule has 0 aromatic heterocycles. The zero-order chi connectivity index (χ0) is 12.8. The summed E-state index contributed by atoms with van der Waals surface area (Å²) in [5, 5.41) is 8.61. The molecule has 1 N–H and O–H groups in total. The fourth-order valence-corrected chi connectivity index (χ4v) is 1.57. The van der Waals surface area contributed by atoms with Crippen LogP contribution in [0.1, 0.15) is 35.7 Å². The molecule has 0 bridgehead atoms. The zero-order valence-corrected chi connectivity index (χ0v) is 10.0. The normalized spacial score (nSPS) is 10.0.